The first-order valence-corrected chi connectivity index (χ1v) is 9.10. The molecule has 0 radical (unpaired) electrons. The minimum atomic E-state index is -0.929. The Labute approximate surface area is 159 Å². The smallest absolute Gasteiger partial charge is 0.407 e. The molecule has 0 saturated heterocycles. The van der Waals surface area contributed by atoms with Gasteiger partial charge in [-0.1, -0.05) is 69.3 Å². The van der Waals surface area contributed by atoms with Gasteiger partial charge in [0.1, 0.15) is 6.61 Å². The number of amides is 1. The van der Waals surface area contributed by atoms with E-state index < -0.39 is 23.4 Å². The van der Waals surface area contributed by atoms with Crippen LogP contribution >= 0.6 is 0 Å². The molecule has 142 valence electrons. The number of alkyl carbamates (subject to hydrolysis) is 1. The van der Waals surface area contributed by atoms with Crippen molar-refractivity contribution in [3.05, 3.63) is 59.7 Å². The molecule has 1 aliphatic rings. The van der Waals surface area contributed by atoms with Crippen molar-refractivity contribution >= 4 is 12.1 Å². The van der Waals surface area contributed by atoms with E-state index in [0.29, 0.717) is 0 Å². The van der Waals surface area contributed by atoms with Crippen LogP contribution in [0.25, 0.3) is 11.1 Å². The molecule has 0 aliphatic heterocycles. The number of benzene rings is 2. The molecule has 2 N–H and O–H groups in total. The molecule has 5 nitrogen and oxygen atoms in total. The van der Waals surface area contributed by atoms with E-state index in [1.807, 2.05) is 45.0 Å². The third-order valence-corrected chi connectivity index (χ3v) is 5.14. The number of nitrogens with one attached hydrogen (secondary N) is 1. The lowest BCUT2D eigenvalue weighted by atomic mass is 9.81. The second-order valence-corrected chi connectivity index (χ2v) is 7.96. The van der Waals surface area contributed by atoms with Gasteiger partial charge in [0, 0.05) is 12.5 Å². The Bertz CT molecular complexity index is 808. The van der Waals surface area contributed by atoms with E-state index in [0.717, 1.165) is 11.1 Å². The zero-order chi connectivity index (χ0) is 19.6. The first-order chi connectivity index (χ1) is 12.8. The molecule has 0 bridgehead atoms. The van der Waals surface area contributed by atoms with Gasteiger partial charge in [0.2, 0.25) is 0 Å². The SMILES string of the molecule is CC(C)(C)C(CNC(=O)OCC1c2ccccc2-c2ccccc21)C(=O)O. The highest BCUT2D eigenvalue weighted by Crippen LogP contribution is 2.44. The molecule has 27 heavy (non-hydrogen) atoms. The van der Waals surface area contributed by atoms with Gasteiger partial charge in [-0.15, -0.1) is 0 Å². The fourth-order valence-corrected chi connectivity index (χ4v) is 3.60. The van der Waals surface area contributed by atoms with Crippen LogP contribution in [0, 0.1) is 11.3 Å². The summed E-state index contributed by atoms with van der Waals surface area (Å²) in [5.41, 5.74) is 4.17. The molecule has 2 aromatic rings. The Morgan fingerprint density at radius 2 is 1.56 bits per heavy atom. The second kappa shape index (κ2) is 7.43. The number of rotatable bonds is 5. The van der Waals surface area contributed by atoms with Crippen molar-refractivity contribution in [1.29, 1.82) is 0 Å². The summed E-state index contributed by atoms with van der Waals surface area (Å²) in [5, 5.41) is 12.0. The lowest BCUT2D eigenvalue weighted by molar-refractivity contribution is -0.145. The van der Waals surface area contributed by atoms with Crippen LogP contribution < -0.4 is 5.32 Å². The normalized spacial score (nSPS) is 14.2. The molecule has 0 aromatic heterocycles. The number of carbonyl (C=O) groups is 2. The van der Waals surface area contributed by atoms with Crippen LogP contribution in [-0.2, 0) is 9.53 Å². The largest absolute Gasteiger partial charge is 0.481 e. The fourth-order valence-electron chi connectivity index (χ4n) is 3.60. The van der Waals surface area contributed by atoms with Gasteiger partial charge in [-0.3, -0.25) is 4.79 Å². The molecule has 0 heterocycles. The van der Waals surface area contributed by atoms with Gasteiger partial charge in [-0.25, -0.2) is 4.79 Å². The van der Waals surface area contributed by atoms with E-state index in [-0.39, 0.29) is 19.1 Å². The molecule has 2 aromatic carbocycles. The van der Waals surface area contributed by atoms with Gasteiger partial charge in [-0.05, 0) is 27.7 Å². The Morgan fingerprint density at radius 1 is 1.04 bits per heavy atom. The Balaban J connectivity index is 1.65. The highest BCUT2D eigenvalue weighted by atomic mass is 16.5. The van der Waals surface area contributed by atoms with Crippen molar-refractivity contribution in [2.24, 2.45) is 11.3 Å². The Kier molecular flexibility index (Phi) is 5.22. The quantitative estimate of drug-likeness (QED) is 0.827. The summed E-state index contributed by atoms with van der Waals surface area (Å²) in [6, 6.07) is 16.2. The van der Waals surface area contributed by atoms with Crippen LogP contribution in [0.3, 0.4) is 0 Å². The lowest BCUT2D eigenvalue weighted by Crippen LogP contribution is -2.40. The summed E-state index contributed by atoms with van der Waals surface area (Å²) in [6.07, 6.45) is -0.590. The topological polar surface area (TPSA) is 75.6 Å². The van der Waals surface area contributed by atoms with Gasteiger partial charge >= 0.3 is 12.1 Å². The van der Waals surface area contributed by atoms with Crippen molar-refractivity contribution < 1.29 is 19.4 Å². The first-order valence-electron chi connectivity index (χ1n) is 9.10. The van der Waals surface area contributed by atoms with Crippen molar-refractivity contribution in [1.82, 2.24) is 5.32 Å². The third-order valence-electron chi connectivity index (χ3n) is 5.14. The molecule has 3 rings (SSSR count). The lowest BCUT2D eigenvalue weighted by Gasteiger charge is -2.27. The van der Waals surface area contributed by atoms with Crippen LogP contribution in [0.5, 0.6) is 0 Å². The number of carboxylic acids is 1. The monoisotopic (exact) mass is 367 g/mol. The standard InChI is InChI=1S/C22H25NO4/c1-22(2,3)19(20(24)25)12-23-21(26)27-13-18-16-10-6-4-8-14(16)15-9-5-7-11-17(15)18/h4-11,18-19H,12-13H2,1-3H3,(H,23,26)(H,24,25). The van der Waals surface area contributed by atoms with E-state index in [2.05, 4.69) is 29.6 Å². The number of hydrogen-bond acceptors (Lipinski definition) is 3. The van der Waals surface area contributed by atoms with Gasteiger partial charge in [0.15, 0.2) is 0 Å². The van der Waals surface area contributed by atoms with Crippen molar-refractivity contribution in [2.45, 2.75) is 26.7 Å². The van der Waals surface area contributed by atoms with Crippen LogP contribution in [0.15, 0.2) is 48.5 Å². The molecule has 0 saturated carbocycles. The molecule has 1 unspecified atom stereocenters. The predicted molar refractivity (Wildman–Crippen MR) is 104 cm³/mol. The van der Waals surface area contributed by atoms with E-state index in [9.17, 15) is 14.7 Å². The number of hydrogen-bond donors (Lipinski definition) is 2. The van der Waals surface area contributed by atoms with Gasteiger partial charge < -0.3 is 15.2 Å². The van der Waals surface area contributed by atoms with Gasteiger partial charge in [0.25, 0.3) is 0 Å². The van der Waals surface area contributed by atoms with E-state index in [1.165, 1.54) is 11.1 Å². The van der Waals surface area contributed by atoms with E-state index in [1.54, 1.807) is 0 Å². The van der Waals surface area contributed by atoms with Crippen LogP contribution in [0.1, 0.15) is 37.8 Å². The third kappa shape index (κ3) is 3.97. The summed E-state index contributed by atoms with van der Waals surface area (Å²) in [6.45, 7) is 5.77. The summed E-state index contributed by atoms with van der Waals surface area (Å²) in [4.78, 5) is 23.6. The summed E-state index contributed by atoms with van der Waals surface area (Å²) in [5.74, 6) is -1.62. The molecular weight excluding hydrogens is 342 g/mol. The highest BCUT2D eigenvalue weighted by molar-refractivity contribution is 5.79. The molecule has 0 fully saturated rings. The summed E-state index contributed by atoms with van der Waals surface area (Å²) >= 11 is 0. The van der Waals surface area contributed by atoms with E-state index in [4.69, 9.17) is 4.74 Å². The average Bonchev–Trinajstić information content (AvgIpc) is 2.93. The number of carboxylic acid groups (broad SMARTS) is 1. The Hall–Kier alpha value is -2.82. The minimum Gasteiger partial charge on any atom is -0.481 e. The fraction of sp³-hybridized carbons (Fsp3) is 0.364. The number of fused-ring (bicyclic) bond motifs is 3. The summed E-state index contributed by atoms with van der Waals surface area (Å²) in [7, 11) is 0. The van der Waals surface area contributed by atoms with Crippen molar-refractivity contribution in [2.75, 3.05) is 13.2 Å². The minimum absolute atomic E-state index is 0.0129. The average molecular weight is 367 g/mol. The zero-order valence-corrected chi connectivity index (χ0v) is 15.9. The molecule has 5 heteroatoms. The summed E-state index contributed by atoms with van der Waals surface area (Å²) < 4.78 is 5.44. The van der Waals surface area contributed by atoms with Crippen molar-refractivity contribution in [3.63, 3.8) is 0 Å². The number of aliphatic carboxylic acids is 1. The molecule has 1 atom stereocenters. The first kappa shape index (κ1) is 19.0. The van der Waals surface area contributed by atoms with Crippen molar-refractivity contribution in [3.8, 4) is 11.1 Å². The maximum atomic E-state index is 12.2. The van der Waals surface area contributed by atoms with Crippen LogP contribution in [0.4, 0.5) is 4.79 Å². The maximum absolute atomic E-state index is 12.2. The van der Waals surface area contributed by atoms with E-state index >= 15 is 0 Å². The molecule has 1 amide bonds. The predicted octanol–water partition coefficient (Wildman–Crippen LogP) is 4.27. The number of ether oxygens (including phenoxy) is 1. The van der Waals surface area contributed by atoms with Gasteiger partial charge in [0.05, 0.1) is 5.92 Å². The van der Waals surface area contributed by atoms with Crippen LogP contribution in [0.2, 0.25) is 0 Å². The molecular formula is C22H25NO4. The van der Waals surface area contributed by atoms with Crippen LogP contribution in [-0.4, -0.2) is 30.3 Å². The highest BCUT2D eigenvalue weighted by Gasteiger charge is 2.32. The molecule has 1 aliphatic carbocycles. The second-order valence-electron chi connectivity index (χ2n) is 7.96. The zero-order valence-electron chi connectivity index (χ0n) is 15.9. The van der Waals surface area contributed by atoms with Gasteiger partial charge in [-0.2, -0.15) is 0 Å². The number of carbonyl (C=O) groups excluding carboxylic acids is 1. The molecule has 0 spiro atoms. The Morgan fingerprint density at radius 3 is 2.04 bits per heavy atom. The maximum Gasteiger partial charge on any atom is 0.407 e.